The summed E-state index contributed by atoms with van der Waals surface area (Å²) in [5, 5.41) is 3.52. The van der Waals surface area contributed by atoms with Gasteiger partial charge in [0.1, 0.15) is 0 Å². The molecule has 0 spiro atoms. The van der Waals surface area contributed by atoms with Crippen molar-refractivity contribution in [3.8, 4) is 0 Å². The monoisotopic (exact) mass is 353 g/mol. The molecule has 1 aliphatic rings. The molecular weight excluding hydrogens is 326 g/mol. The molecule has 0 heterocycles. The minimum absolute atomic E-state index is 0.152. The average Bonchev–Trinajstić information content (AvgIpc) is 2.48. The predicted octanol–water partition coefficient (Wildman–Crippen LogP) is 5.09. The molecule has 2 rings (SSSR count). The Morgan fingerprint density at radius 2 is 2.14 bits per heavy atom. The van der Waals surface area contributed by atoms with Gasteiger partial charge in [0.25, 0.3) is 0 Å². The van der Waals surface area contributed by atoms with E-state index in [-0.39, 0.29) is 6.10 Å². The van der Waals surface area contributed by atoms with Gasteiger partial charge in [0, 0.05) is 11.0 Å². The molecule has 3 atom stereocenters. The van der Waals surface area contributed by atoms with Gasteiger partial charge in [0.15, 0.2) is 0 Å². The number of rotatable bonds is 7. The predicted molar refractivity (Wildman–Crippen MR) is 92.5 cm³/mol. The lowest BCUT2D eigenvalue weighted by Gasteiger charge is -2.33. The molecule has 0 radical (unpaired) electrons. The molecule has 1 N–H and O–H groups in total. The van der Waals surface area contributed by atoms with Crippen LogP contribution in [0.25, 0.3) is 0 Å². The second kappa shape index (κ2) is 8.92. The third-order valence-corrected chi connectivity index (χ3v) is 4.84. The van der Waals surface area contributed by atoms with Crippen molar-refractivity contribution in [1.82, 2.24) is 5.32 Å². The average molecular weight is 354 g/mol. The summed E-state index contributed by atoms with van der Waals surface area (Å²) in [6.45, 7) is 6.48. The lowest BCUT2D eigenvalue weighted by Crippen LogP contribution is -2.32. The van der Waals surface area contributed by atoms with Gasteiger partial charge in [-0.1, -0.05) is 54.8 Å². The quantitative estimate of drug-likeness (QED) is 0.689. The molecular formula is C18H28BrNO. The first-order valence-corrected chi connectivity index (χ1v) is 9.11. The summed E-state index contributed by atoms with van der Waals surface area (Å²) in [4.78, 5) is 0. The Labute approximate surface area is 137 Å². The van der Waals surface area contributed by atoms with E-state index in [4.69, 9.17) is 4.74 Å². The molecule has 3 heteroatoms. The molecule has 21 heavy (non-hydrogen) atoms. The Morgan fingerprint density at radius 1 is 1.33 bits per heavy atom. The highest BCUT2D eigenvalue weighted by molar-refractivity contribution is 9.10. The van der Waals surface area contributed by atoms with Crippen LogP contribution < -0.4 is 5.32 Å². The molecule has 3 unspecified atom stereocenters. The van der Waals surface area contributed by atoms with Crippen LogP contribution in [0.15, 0.2) is 28.7 Å². The van der Waals surface area contributed by atoms with E-state index in [1.165, 1.54) is 31.2 Å². The second-order valence-electron chi connectivity index (χ2n) is 6.18. The fourth-order valence-corrected chi connectivity index (χ4v) is 3.47. The Morgan fingerprint density at radius 3 is 2.86 bits per heavy atom. The van der Waals surface area contributed by atoms with Crippen molar-refractivity contribution < 1.29 is 4.74 Å². The summed E-state index contributed by atoms with van der Waals surface area (Å²) in [6.07, 6.45) is 6.90. The normalized spacial score (nSPS) is 24.0. The highest BCUT2D eigenvalue weighted by Gasteiger charge is 2.25. The summed E-state index contributed by atoms with van der Waals surface area (Å²) in [6, 6.07) is 8.53. The van der Waals surface area contributed by atoms with Crippen molar-refractivity contribution in [3.63, 3.8) is 0 Å². The van der Waals surface area contributed by atoms with Gasteiger partial charge in [0.2, 0.25) is 0 Å². The molecule has 0 aliphatic heterocycles. The molecule has 1 saturated carbocycles. The van der Waals surface area contributed by atoms with Gasteiger partial charge in [-0.3, -0.25) is 0 Å². The van der Waals surface area contributed by atoms with Crippen LogP contribution in [0.5, 0.6) is 0 Å². The zero-order valence-corrected chi connectivity index (χ0v) is 14.9. The van der Waals surface area contributed by atoms with Gasteiger partial charge in [-0.25, -0.2) is 0 Å². The van der Waals surface area contributed by atoms with E-state index in [2.05, 4.69) is 59.4 Å². The fraction of sp³-hybridized carbons (Fsp3) is 0.667. The summed E-state index contributed by atoms with van der Waals surface area (Å²) in [7, 11) is 0. The highest BCUT2D eigenvalue weighted by atomic mass is 79.9. The molecule has 1 aromatic carbocycles. The summed E-state index contributed by atoms with van der Waals surface area (Å²) in [5.74, 6) is 0.680. The molecule has 0 amide bonds. The van der Waals surface area contributed by atoms with Gasteiger partial charge < -0.3 is 10.1 Å². The molecule has 1 fully saturated rings. The summed E-state index contributed by atoms with van der Waals surface area (Å²) >= 11 is 3.57. The van der Waals surface area contributed by atoms with E-state index < -0.39 is 0 Å². The van der Waals surface area contributed by atoms with Crippen LogP contribution in [-0.2, 0) is 4.74 Å². The van der Waals surface area contributed by atoms with Crippen LogP contribution in [0.4, 0.5) is 0 Å². The number of benzene rings is 1. The van der Waals surface area contributed by atoms with E-state index in [1.807, 2.05) is 0 Å². The first kappa shape index (κ1) is 17.0. The lowest BCUT2D eigenvalue weighted by atomic mass is 9.87. The van der Waals surface area contributed by atoms with Crippen LogP contribution in [-0.4, -0.2) is 19.2 Å². The first-order chi connectivity index (χ1) is 10.2. The van der Waals surface area contributed by atoms with Crippen LogP contribution in [0.2, 0.25) is 0 Å². The van der Waals surface area contributed by atoms with Gasteiger partial charge in [-0.15, -0.1) is 0 Å². The molecule has 118 valence electrons. The van der Waals surface area contributed by atoms with Gasteiger partial charge in [-0.05, 0) is 49.4 Å². The smallest absolute Gasteiger partial charge is 0.0953 e. The Hall–Kier alpha value is -0.380. The standard InChI is InChI=1S/C18H28BrNO/c1-3-11-20-13-18(15-8-6-9-16(19)12-15)21-17-10-5-4-7-14(17)2/h6,8-9,12,14,17-18,20H,3-5,7,10-11,13H2,1-2H3. The zero-order valence-electron chi connectivity index (χ0n) is 13.3. The van der Waals surface area contributed by atoms with Crippen molar-refractivity contribution in [1.29, 1.82) is 0 Å². The highest BCUT2D eigenvalue weighted by Crippen LogP contribution is 2.31. The largest absolute Gasteiger partial charge is 0.369 e. The maximum absolute atomic E-state index is 6.51. The van der Waals surface area contributed by atoms with Gasteiger partial charge in [0.05, 0.1) is 12.2 Å². The number of nitrogens with one attached hydrogen (secondary N) is 1. The van der Waals surface area contributed by atoms with Crippen LogP contribution >= 0.6 is 15.9 Å². The maximum atomic E-state index is 6.51. The summed E-state index contributed by atoms with van der Waals surface area (Å²) < 4.78 is 7.63. The van der Waals surface area contributed by atoms with Crippen molar-refractivity contribution in [2.45, 2.75) is 58.2 Å². The molecule has 0 saturated heterocycles. The third kappa shape index (κ3) is 5.39. The Bertz CT molecular complexity index is 423. The van der Waals surface area contributed by atoms with Crippen LogP contribution in [0, 0.1) is 5.92 Å². The maximum Gasteiger partial charge on any atom is 0.0953 e. The number of hydrogen-bond donors (Lipinski definition) is 1. The van der Waals surface area contributed by atoms with Crippen molar-refractivity contribution in [2.75, 3.05) is 13.1 Å². The lowest BCUT2D eigenvalue weighted by molar-refractivity contribution is -0.0563. The van der Waals surface area contributed by atoms with Crippen LogP contribution in [0.3, 0.4) is 0 Å². The first-order valence-electron chi connectivity index (χ1n) is 8.32. The van der Waals surface area contributed by atoms with E-state index in [9.17, 15) is 0 Å². The molecule has 1 aliphatic carbocycles. The van der Waals surface area contributed by atoms with Crippen molar-refractivity contribution >= 4 is 15.9 Å². The fourth-order valence-electron chi connectivity index (χ4n) is 3.06. The summed E-state index contributed by atoms with van der Waals surface area (Å²) in [5.41, 5.74) is 1.27. The van der Waals surface area contributed by atoms with E-state index in [0.717, 1.165) is 24.0 Å². The number of halogens is 1. The second-order valence-corrected chi connectivity index (χ2v) is 7.10. The molecule has 0 bridgehead atoms. The molecule has 0 aromatic heterocycles. The van der Waals surface area contributed by atoms with Crippen molar-refractivity contribution in [2.24, 2.45) is 5.92 Å². The topological polar surface area (TPSA) is 21.3 Å². The van der Waals surface area contributed by atoms with Gasteiger partial charge in [-0.2, -0.15) is 0 Å². The van der Waals surface area contributed by atoms with E-state index in [1.54, 1.807) is 0 Å². The minimum atomic E-state index is 0.152. The third-order valence-electron chi connectivity index (χ3n) is 4.35. The zero-order chi connectivity index (χ0) is 15.1. The Balaban J connectivity index is 2.04. The molecule has 2 nitrogen and oxygen atoms in total. The minimum Gasteiger partial charge on any atom is -0.369 e. The number of hydrogen-bond acceptors (Lipinski definition) is 2. The van der Waals surface area contributed by atoms with Crippen molar-refractivity contribution in [3.05, 3.63) is 34.3 Å². The van der Waals surface area contributed by atoms with Crippen LogP contribution in [0.1, 0.15) is 57.6 Å². The van der Waals surface area contributed by atoms with E-state index in [0.29, 0.717) is 12.0 Å². The number of ether oxygens (including phenoxy) is 1. The molecule has 1 aromatic rings. The van der Waals surface area contributed by atoms with Gasteiger partial charge >= 0.3 is 0 Å². The Kier molecular flexibility index (Phi) is 7.21. The SMILES string of the molecule is CCCNCC(OC1CCCCC1C)c1cccc(Br)c1. The van der Waals surface area contributed by atoms with E-state index >= 15 is 0 Å².